The van der Waals surface area contributed by atoms with Gasteiger partial charge in [-0.15, -0.1) is 0 Å². The molecule has 0 radical (unpaired) electrons. The lowest BCUT2D eigenvalue weighted by atomic mass is 9.98. The van der Waals surface area contributed by atoms with Gasteiger partial charge in [0.1, 0.15) is 5.82 Å². The zero-order chi connectivity index (χ0) is 15.6. The molecule has 2 rings (SSSR count). The van der Waals surface area contributed by atoms with Gasteiger partial charge in [-0.05, 0) is 30.2 Å². The third-order valence-electron chi connectivity index (χ3n) is 3.64. The Morgan fingerprint density at radius 3 is 2.57 bits per heavy atom. The molecule has 1 aromatic carbocycles. The lowest BCUT2D eigenvalue weighted by Crippen LogP contribution is -2.33. The Morgan fingerprint density at radius 1 is 1.38 bits per heavy atom. The Labute approximate surface area is 122 Å². The zero-order valence-electron chi connectivity index (χ0n) is 12.0. The van der Waals surface area contributed by atoms with Gasteiger partial charge in [0.05, 0.1) is 0 Å². The Hall–Kier alpha value is -2.37. The van der Waals surface area contributed by atoms with E-state index in [4.69, 9.17) is 5.11 Å². The van der Waals surface area contributed by atoms with Gasteiger partial charge in [0.2, 0.25) is 5.91 Å². The van der Waals surface area contributed by atoms with Gasteiger partial charge in [-0.1, -0.05) is 6.08 Å². The molecule has 112 valence electrons. The number of carboxylic acid groups (broad SMARTS) is 1. The number of anilines is 1. The minimum Gasteiger partial charge on any atom is -0.465 e. The van der Waals surface area contributed by atoms with Crippen molar-refractivity contribution in [3.63, 3.8) is 0 Å². The summed E-state index contributed by atoms with van der Waals surface area (Å²) in [7, 11) is 1.58. The minimum absolute atomic E-state index is 0.170. The van der Waals surface area contributed by atoms with Gasteiger partial charge in [0.25, 0.3) is 0 Å². The van der Waals surface area contributed by atoms with E-state index in [0.717, 1.165) is 5.57 Å². The highest BCUT2D eigenvalue weighted by Crippen LogP contribution is 2.27. The molecule has 0 aromatic heterocycles. The minimum atomic E-state index is -0.968. The highest BCUT2D eigenvalue weighted by molar-refractivity contribution is 5.91. The van der Waals surface area contributed by atoms with Crippen LogP contribution in [-0.2, 0) is 4.79 Å². The van der Waals surface area contributed by atoms with Crippen molar-refractivity contribution < 1.29 is 19.1 Å². The Morgan fingerprint density at radius 2 is 2.10 bits per heavy atom. The van der Waals surface area contributed by atoms with Crippen LogP contribution in [0.5, 0.6) is 0 Å². The lowest BCUT2D eigenvalue weighted by Gasteiger charge is -2.24. The molecule has 1 aliphatic heterocycles. The first-order valence-electron chi connectivity index (χ1n) is 6.61. The second-order valence-corrected chi connectivity index (χ2v) is 4.95. The molecular formula is C15H17FN2O3. The maximum Gasteiger partial charge on any atom is 0.407 e. The van der Waals surface area contributed by atoms with Gasteiger partial charge in [-0.3, -0.25) is 4.79 Å². The molecule has 1 aromatic rings. The standard InChI is InChI=1S/C15H17FN2O3/c1-10(19)17(2)12-3-4-13(14(16)9-12)11-5-7-18(8-6-11)15(20)21/h3-5,9H,6-8H2,1-2H3,(H,20,21). The molecule has 0 unspecified atom stereocenters. The smallest absolute Gasteiger partial charge is 0.407 e. The fourth-order valence-corrected chi connectivity index (χ4v) is 2.24. The molecular weight excluding hydrogens is 275 g/mol. The average Bonchev–Trinajstić information content (AvgIpc) is 2.46. The Kier molecular flexibility index (Phi) is 4.26. The molecule has 5 nitrogen and oxygen atoms in total. The summed E-state index contributed by atoms with van der Waals surface area (Å²) >= 11 is 0. The highest BCUT2D eigenvalue weighted by atomic mass is 19.1. The van der Waals surface area contributed by atoms with Crippen molar-refractivity contribution >= 4 is 23.3 Å². The third kappa shape index (κ3) is 3.21. The quantitative estimate of drug-likeness (QED) is 0.911. The molecule has 0 aliphatic carbocycles. The molecule has 0 bridgehead atoms. The number of carbonyl (C=O) groups excluding carboxylic acids is 1. The van der Waals surface area contributed by atoms with Crippen molar-refractivity contribution in [1.82, 2.24) is 4.90 Å². The van der Waals surface area contributed by atoms with Crippen molar-refractivity contribution in [1.29, 1.82) is 0 Å². The van der Waals surface area contributed by atoms with Crippen molar-refractivity contribution in [2.24, 2.45) is 0 Å². The molecule has 0 saturated heterocycles. The summed E-state index contributed by atoms with van der Waals surface area (Å²) in [5.74, 6) is -0.577. The van der Waals surface area contributed by atoms with E-state index in [1.54, 1.807) is 25.3 Å². The van der Waals surface area contributed by atoms with Crippen LogP contribution in [0.2, 0.25) is 0 Å². The second kappa shape index (κ2) is 5.95. The van der Waals surface area contributed by atoms with Crippen LogP contribution in [0, 0.1) is 5.82 Å². The summed E-state index contributed by atoms with van der Waals surface area (Å²) in [5, 5.41) is 8.88. The monoisotopic (exact) mass is 292 g/mol. The number of nitrogens with zero attached hydrogens (tertiary/aromatic N) is 2. The van der Waals surface area contributed by atoms with Crippen LogP contribution in [0.4, 0.5) is 14.9 Å². The molecule has 0 fully saturated rings. The summed E-state index contributed by atoms with van der Waals surface area (Å²) in [6.45, 7) is 2.03. The van der Waals surface area contributed by atoms with E-state index in [9.17, 15) is 14.0 Å². The fourth-order valence-electron chi connectivity index (χ4n) is 2.24. The Balaban J connectivity index is 2.22. The van der Waals surface area contributed by atoms with Gasteiger partial charge < -0.3 is 14.9 Å². The number of carbonyl (C=O) groups is 2. The van der Waals surface area contributed by atoms with Crippen molar-refractivity contribution in [3.05, 3.63) is 35.7 Å². The molecule has 2 amide bonds. The summed E-state index contributed by atoms with van der Waals surface area (Å²) < 4.78 is 14.2. The van der Waals surface area contributed by atoms with E-state index < -0.39 is 11.9 Å². The van der Waals surface area contributed by atoms with Crippen LogP contribution in [-0.4, -0.2) is 42.1 Å². The van der Waals surface area contributed by atoms with Gasteiger partial charge in [-0.2, -0.15) is 0 Å². The van der Waals surface area contributed by atoms with E-state index in [1.807, 2.05) is 0 Å². The first-order valence-corrected chi connectivity index (χ1v) is 6.61. The molecule has 1 N–H and O–H groups in total. The predicted octanol–water partition coefficient (Wildman–Crippen LogP) is 2.58. The Bertz CT molecular complexity index is 613. The fraction of sp³-hybridized carbons (Fsp3) is 0.333. The van der Waals surface area contributed by atoms with Crippen LogP contribution in [0.3, 0.4) is 0 Å². The van der Waals surface area contributed by atoms with Crippen LogP contribution >= 0.6 is 0 Å². The summed E-state index contributed by atoms with van der Waals surface area (Å²) in [4.78, 5) is 24.8. The molecule has 0 spiro atoms. The third-order valence-corrected chi connectivity index (χ3v) is 3.64. The van der Waals surface area contributed by atoms with Gasteiger partial charge in [-0.25, -0.2) is 9.18 Å². The summed E-state index contributed by atoms with van der Waals surface area (Å²) in [5.41, 5.74) is 1.75. The molecule has 0 saturated carbocycles. The molecule has 21 heavy (non-hydrogen) atoms. The van der Waals surface area contributed by atoms with Crippen LogP contribution in [0.1, 0.15) is 18.9 Å². The van der Waals surface area contributed by atoms with E-state index in [2.05, 4.69) is 0 Å². The number of hydrogen-bond donors (Lipinski definition) is 1. The van der Waals surface area contributed by atoms with E-state index in [-0.39, 0.29) is 12.5 Å². The lowest BCUT2D eigenvalue weighted by molar-refractivity contribution is -0.116. The average molecular weight is 292 g/mol. The van der Waals surface area contributed by atoms with Gasteiger partial charge in [0, 0.05) is 38.3 Å². The topological polar surface area (TPSA) is 60.9 Å². The number of benzene rings is 1. The van der Waals surface area contributed by atoms with Crippen molar-refractivity contribution in [2.45, 2.75) is 13.3 Å². The molecule has 1 heterocycles. The predicted molar refractivity (Wildman–Crippen MR) is 77.7 cm³/mol. The highest BCUT2D eigenvalue weighted by Gasteiger charge is 2.19. The second-order valence-electron chi connectivity index (χ2n) is 4.95. The van der Waals surface area contributed by atoms with Crippen LogP contribution in [0.25, 0.3) is 5.57 Å². The van der Waals surface area contributed by atoms with Crippen molar-refractivity contribution in [2.75, 3.05) is 25.0 Å². The molecule has 6 heteroatoms. The zero-order valence-corrected chi connectivity index (χ0v) is 12.0. The van der Waals surface area contributed by atoms with E-state index in [1.165, 1.54) is 22.8 Å². The molecule has 1 aliphatic rings. The summed E-state index contributed by atoms with van der Waals surface area (Å²) in [6, 6.07) is 4.64. The first kappa shape index (κ1) is 15.0. The number of amides is 2. The number of rotatable bonds is 2. The first-order chi connectivity index (χ1) is 9.90. The van der Waals surface area contributed by atoms with Crippen molar-refractivity contribution in [3.8, 4) is 0 Å². The van der Waals surface area contributed by atoms with Gasteiger partial charge >= 0.3 is 6.09 Å². The largest absolute Gasteiger partial charge is 0.465 e. The summed E-state index contributed by atoms with van der Waals surface area (Å²) in [6.07, 6.45) is 1.24. The van der Waals surface area contributed by atoms with Crippen LogP contribution < -0.4 is 4.90 Å². The number of hydrogen-bond acceptors (Lipinski definition) is 2. The normalized spacial score (nSPS) is 14.6. The SMILES string of the molecule is CC(=O)N(C)c1ccc(C2=CCN(C(=O)O)CC2)c(F)c1. The van der Waals surface area contributed by atoms with E-state index in [0.29, 0.717) is 24.2 Å². The maximum absolute atomic E-state index is 14.2. The van der Waals surface area contributed by atoms with Gasteiger partial charge in [0.15, 0.2) is 0 Å². The number of halogens is 1. The van der Waals surface area contributed by atoms with Crippen LogP contribution in [0.15, 0.2) is 24.3 Å². The maximum atomic E-state index is 14.2. The molecule has 0 atom stereocenters. The van der Waals surface area contributed by atoms with E-state index >= 15 is 0 Å².